The zero-order valence-electron chi connectivity index (χ0n) is 1.89. The molecule has 0 aliphatic heterocycles. The number of hydrogen-bond acceptors (Lipinski definition) is 2. The van der Waals surface area contributed by atoms with Crippen LogP contribution in [0.3, 0.4) is 0 Å². The van der Waals surface area contributed by atoms with E-state index in [0.29, 0.717) is 0 Å². The molecule has 4 heavy (non-hydrogen) atoms. The standard InChI is InChI=1S/C2N2/c3-1-2-4/i1-1. The maximum atomic E-state index is 7.26. The first-order valence-electron chi connectivity index (χ1n) is 0.697. The van der Waals surface area contributed by atoms with Crippen LogP contribution in [-0.2, 0) is 0 Å². The molecule has 0 atom stereocenters. The summed E-state index contributed by atoms with van der Waals surface area (Å²) in [4.78, 5) is 0. The van der Waals surface area contributed by atoms with Crippen LogP contribution < -0.4 is 0 Å². The highest BCUT2D eigenvalue weighted by Gasteiger charge is 1.39. The van der Waals surface area contributed by atoms with E-state index in [-0.39, 0.29) is 0 Å². The topological polar surface area (TPSA) is 47.6 Å². The lowest BCUT2D eigenvalue weighted by molar-refractivity contribution is 1.49. The molecule has 0 aromatic carbocycles. The fourth-order valence-corrected chi connectivity index (χ4v) is 0. The smallest absolute Gasteiger partial charge is 0.181 e. The molecule has 0 spiro atoms. The predicted molar refractivity (Wildman–Crippen MR) is 11.2 cm³/mol. The van der Waals surface area contributed by atoms with E-state index in [1.807, 2.05) is 0 Å². The summed E-state index contributed by atoms with van der Waals surface area (Å²) < 4.78 is 0. The van der Waals surface area contributed by atoms with Gasteiger partial charge in [0.1, 0.15) is 0 Å². The highest BCUT2D eigenvalue weighted by Crippen LogP contribution is 1.27. The highest BCUT2D eigenvalue weighted by atomic mass is 14.2. The molecular formula is C2N2. The molecule has 0 aliphatic carbocycles. The van der Waals surface area contributed by atoms with Crippen LogP contribution in [0.4, 0.5) is 0 Å². The first-order valence-corrected chi connectivity index (χ1v) is 0.697. The molecule has 0 unspecified atom stereocenters. The molecule has 2 heteroatoms. The average Bonchev–Trinajstić information content (AvgIpc) is 1.37. The highest BCUT2D eigenvalue weighted by molar-refractivity contribution is 4.99. The molecule has 0 bridgehead atoms. The Bertz CT molecular complexity index is 59.0. The predicted octanol–water partition coefficient (Wildman–Crippen LogP) is 0.0336. The first-order chi connectivity index (χ1) is 1.91. The summed E-state index contributed by atoms with van der Waals surface area (Å²) in [6.07, 6.45) is 0. The van der Waals surface area contributed by atoms with E-state index < -0.39 is 0 Å². The molecule has 0 saturated carbocycles. The SMILES string of the molecule is N#C[11C]#N. The fourth-order valence-electron chi connectivity index (χ4n) is 0. The Balaban J connectivity index is 3.14. The Morgan fingerprint density at radius 1 is 1.00 bits per heavy atom. The number of hydrogen-bond donors (Lipinski definition) is 0. The molecular weight excluding hydrogens is 51.0 g/mol. The zero-order valence-corrected chi connectivity index (χ0v) is 1.89. The van der Waals surface area contributed by atoms with E-state index in [2.05, 4.69) is 0 Å². The third-order valence-corrected chi connectivity index (χ3v) is 0.0500. The van der Waals surface area contributed by atoms with Crippen molar-refractivity contribution in [3.63, 3.8) is 0 Å². The van der Waals surface area contributed by atoms with Crippen molar-refractivity contribution < 1.29 is 0 Å². The van der Waals surface area contributed by atoms with Crippen LogP contribution in [0.5, 0.6) is 0 Å². The van der Waals surface area contributed by atoms with Gasteiger partial charge in [-0.25, -0.2) is 0 Å². The lowest BCUT2D eigenvalue weighted by atomic mass is 10.3. The third-order valence-electron chi connectivity index (χ3n) is 0.0500. The number of nitrogens with zero attached hydrogens (tertiary/aromatic N) is 2. The minimum atomic E-state index is 1.24. The summed E-state index contributed by atoms with van der Waals surface area (Å²) in [7, 11) is 0. The summed E-state index contributed by atoms with van der Waals surface area (Å²) in [5.41, 5.74) is 0. The Morgan fingerprint density at radius 3 is 1.25 bits per heavy atom. The minimum Gasteiger partial charge on any atom is -0.181 e. The molecule has 0 N–H and O–H groups in total. The minimum absolute atomic E-state index is 1.24. The van der Waals surface area contributed by atoms with Gasteiger partial charge in [0.05, 0.1) is 0 Å². The van der Waals surface area contributed by atoms with E-state index in [0.717, 1.165) is 0 Å². The molecule has 0 heterocycles. The average molecular weight is 51.0 g/mol. The van der Waals surface area contributed by atoms with E-state index >= 15 is 0 Å². The molecule has 0 aliphatic rings. The molecule has 0 radical (unpaired) electrons. The van der Waals surface area contributed by atoms with Crippen molar-refractivity contribution >= 4 is 0 Å². The van der Waals surface area contributed by atoms with Gasteiger partial charge in [0.2, 0.25) is 0 Å². The van der Waals surface area contributed by atoms with Crippen LogP contribution in [0.25, 0.3) is 0 Å². The van der Waals surface area contributed by atoms with Gasteiger partial charge in [0, 0.05) is 0 Å². The van der Waals surface area contributed by atoms with E-state index in [1.54, 1.807) is 0 Å². The van der Waals surface area contributed by atoms with Crippen molar-refractivity contribution in [3.8, 4) is 12.1 Å². The van der Waals surface area contributed by atoms with Crippen molar-refractivity contribution in [1.29, 1.82) is 10.5 Å². The van der Waals surface area contributed by atoms with Crippen molar-refractivity contribution in [1.82, 2.24) is 0 Å². The second kappa shape index (κ2) is 1.98. The van der Waals surface area contributed by atoms with Gasteiger partial charge in [-0.1, -0.05) is 0 Å². The lowest BCUT2D eigenvalue weighted by Crippen LogP contribution is -1.26. The van der Waals surface area contributed by atoms with Crippen molar-refractivity contribution in [2.24, 2.45) is 0 Å². The Kier molecular flexibility index (Phi) is 1.48. The Morgan fingerprint density at radius 2 is 1.25 bits per heavy atom. The quantitative estimate of drug-likeness (QED) is 0.389. The molecule has 0 aromatic rings. The van der Waals surface area contributed by atoms with E-state index in [4.69, 9.17) is 10.5 Å². The summed E-state index contributed by atoms with van der Waals surface area (Å²) in [6, 6.07) is 2.47. The molecule has 0 saturated heterocycles. The van der Waals surface area contributed by atoms with Crippen LogP contribution >= 0.6 is 0 Å². The summed E-state index contributed by atoms with van der Waals surface area (Å²) in [5.74, 6) is 0. The van der Waals surface area contributed by atoms with Gasteiger partial charge in [0.15, 0.2) is 12.1 Å². The van der Waals surface area contributed by atoms with Gasteiger partial charge in [-0.2, -0.15) is 10.5 Å². The third kappa shape index (κ3) is 0.980. The molecule has 2 nitrogen and oxygen atoms in total. The van der Waals surface area contributed by atoms with Crippen LogP contribution in [0.15, 0.2) is 0 Å². The Hall–Kier alpha value is -1.02. The second-order valence-electron chi connectivity index (χ2n) is 0.224. The van der Waals surface area contributed by atoms with Gasteiger partial charge in [-0.15, -0.1) is 0 Å². The Labute approximate surface area is 23.9 Å². The molecule has 0 amide bonds. The van der Waals surface area contributed by atoms with Crippen molar-refractivity contribution in [3.05, 3.63) is 0 Å². The van der Waals surface area contributed by atoms with Crippen molar-refractivity contribution in [2.75, 3.05) is 0 Å². The van der Waals surface area contributed by atoms with Gasteiger partial charge in [-0.05, 0) is 0 Å². The molecule has 0 aromatic heterocycles. The van der Waals surface area contributed by atoms with Crippen LogP contribution in [0.1, 0.15) is 0 Å². The maximum Gasteiger partial charge on any atom is 0.181 e. The van der Waals surface area contributed by atoms with E-state index in [1.165, 1.54) is 12.1 Å². The van der Waals surface area contributed by atoms with Crippen LogP contribution in [0.2, 0.25) is 0 Å². The molecule has 0 rings (SSSR count). The van der Waals surface area contributed by atoms with Gasteiger partial charge >= 0.3 is 0 Å². The van der Waals surface area contributed by atoms with Gasteiger partial charge in [-0.3, -0.25) is 0 Å². The second-order valence-corrected chi connectivity index (χ2v) is 0.224. The van der Waals surface area contributed by atoms with Gasteiger partial charge in [0.25, 0.3) is 0 Å². The van der Waals surface area contributed by atoms with Gasteiger partial charge < -0.3 is 0 Å². The van der Waals surface area contributed by atoms with Crippen LogP contribution in [-0.4, -0.2) is 0 Å². The monoisotopic (exact) mass is 51.0 g/mol. The van der Waals surface area contributed by atoms with Crippen molar-refractivity contribution in [2.45, 2.75) is 0 Å². The summed E-state index contributed by atoms with van der Waals surface area (Å²) in [5, 5.41) is 14.5. The largest absolute Gasteiger partial charge is 0.181 e. The van der Waals surface area contributed by atoms with Crippen LogP contribution in [0, 0.1) is 22.7 Å². The summed E-state index contributed by atoms with van der Waals surface area (Å²) in [6.45, 7) is 0. The number of rotatable bonds is 0. The lowest BCUT2D eigenvalue weighted by Gasteiger charge is -1.16. The summed E-state index contributed by atoms with van der Waals surface area (Å²) >= 11 is 0. The molecule has 18 valence electrons. The fraction of sp³-hybridized carbons (Fsp3) is 0. The first kappa shape index (κ1) is 2.98. The maximum absolute atomic E-state index is 7.26. The number of nitriles is 2. The zero-order chi connectivity index (χ0) is 3.41. The normalized spacial score (nSPS) is 2.50. The van der Waals surface area contributed by atoms with E-state index in [9.17, 15) is 0 Å². The molecule has 0 fully saturated rings.